The smallest absolute Gasteiger partial charge is 0.348 e. The summed E-state index contributed by atoms with van der Waals surface area (Å²) >= 11 is 0. The van der Waals surface area contributed by atoms with Gasteiger partial charge in [0.25, 0.3) is 0 Å². The number of rotatable bonds is 11. The van der Waals surface area contributed by atoms with Crippen LogP contribution in [0, 0.1) is 39.9 Å². The summed E-state index contributed by atoms with van der Waals surface area (Å²) in [5.41, 5.74) is -2.93. The molecular weight excluding hydrogens is 700 g/mol. The number of cyclic esters (lactones) is 1. The van der Waals surface area contributed by atoms with Crippen LogP contribution in [0.3, 0.4) is 0 Å². The van der Waals surface area contributed by atoms with Crippen LogP contribution in [-0.4, -0.2) is 82.8 Å². The van der Waals surface area contributed by atoms with Crippen LogP contribution in [0.5, 0.6) is 0 Å². The third-order valence-corrected chi connectivity index (χ3v) is 13.7. The average molecular weight is 759 g/mol. The lowest BCUT2D eigenvalue weighted by Crippen LogP contribution is -2.70. The van der Waals surface area contributed by atoms with Crippen LogP contribution >= 0.6 is 0 Å². The summed E-state index contributed by atoms with van der Waals surface area (Å²) in [6.45, 7) is 16.6. The van der Waals surface area contributed by atoms with Crippen LogP contribution in [0.15, 0.2) is 34.7 Å². The Morgan fingerprint density at radius 3 is 2.09 bits per heavy atom. The van der Waals surface area contributed by atoms with Gasteiger partial charge in [0.2, 0.25) is 6.10 Å². The minimum absolute atomic E-state index is 0.0823. The molecule has 2 saturated carbocycles. The maximum Gasteiger partial charge on any atom is 0.348 e. The molecule has 3 fully saturated rings. The molecule has 0 amide bonds. The molecule has 2 N–H and O–H groups in total. The number of furan rings is 1. The van der Waals surface area contributed by atoms with E-state index in [1.165, 1.54) is 13.8 Å². The Morgan fingerprint density at radius 1 is 0.907 bits per heavy atom. The van der Waals surface area contributed by atoms with Gasteiger partial charge in [0.15, 0.2) is 6.10 Å². The van der Waals surface area contributed by atoms with Crippen LogP contribution in [-0.2, 0) is 47.7 Å². The number of carbonyl (C=O) groups excluding carboxylic acids is 5. The van der Waals surface area contributed by atoms with Gasteiger partial charge in [0, 0.05) is 47.8 Å². The van der Waals surface area contributed by atoms with Gasteiger partial charge in [-0.2, -0.15) is 0 Å². The molecule has 1 aromatic heterocycles. The Balaban J connectivity index is 1.77. The lowest BCUT2D eigenvalue weighted by atomic mass is 9.39. The minimum Gasteiger partial charge on any atom is -0.472 e. The first-order chi connectivity index (χ1) is 25.2. The Labute approximate surface area is 317 Å². The lowest BCUT2D eigenvalue weighted by molar-refractivity contribution is -0.247. The summed E-state index contributed by atoms with van der Waals surface area (Å²) in [5, 5.41) is 21.9. The maximum atomic E-state index is 14.3. The molecular formula is C41H58O13. The Kier molecular flexibility index (Phi) is 11.6. The van der Waals surface area contributed by atoms with E-state index in [0.717, 1.165) is 11.1 Å². The predicted octanol–water partition coefficient (Wildman–Crippen LogP) is 5.20. The highest BCUT2D eigenvalue weighted by Crippen LogP contribution is 2.73. The molecule has 13 atom stereocenters. The van der Waals surface area contributed by atoms with Crippen LogP contribution in [0.1, 0.15) is 113 Å². The Morgan fingerprint density at radius 2 is 1.54 bits per heavy atom. The molecule has 0 aromatic carbocycles. The zero-order valence-electron chi connectivity index (χ0n) is 33.2. The SMILES string of the molecule is CCC(C)C(OC(C)=O)C(=O)OC1CC2C(C)(C3=CCC(c4ccoc4)C31C)C(OC(=O)C(O)C(C)C)CC1C(C)(CO)OC(=O)CC(OC(C)=O)C12C. The molecule has 13 nitrogen and oxygen atoms in total. The van der Waals surface area contributed by atoms with E-state index in [9.17, 15) is 34.2 Å². The van der Waals surface area contributed by atoms with E-state index in [-0.39, 0.29) is 31.1 Å². The number of allylic oxidation sites excluding steroid dienone is 1. The van der Waals surface area contributed by atoms with E-state index in [0.29, 0.717) is 12.8 Å². The zero-order valence-corrected chi connectivity index (χ0v) is 33.2. The molecule has 1 aromatic rings. The molecule has 300 valence electrons. The van der Waals surface area contributed by atoms with Crippen molar-refractivity contribution in [2.24, 2.45) is 39.9 Å². The molecule has 2 heterocycles. The molecule has 0 bridgehead atoms. The van der Waals surface area contributed by atoms with E-state index >= 15 is 0 Å². The summed E-state index contributed by atoms with van der Waals surface area (Å²) in [4.78, 5) is 66.5. The van der Waals surface area contributed by atoms with Crippen molar-refractivity contribution in [2.45, 2.75) is 143 Å². The number of carbonyl (C=O) groups is 5. The van der Waals surface area contributed by atoms with Gasteiger partial charge in [-0.15, -0.1) is 0 Å². The second-order valence-electron chi connectivity index (χ2n) is 17.2. The minimum atomic E-state index is -1.50. The van der Waals surface area contributed by atoms with Gasteiger partial charge in [-0.25, -0.2) is 9.59 Å². The fraction of sp³-hybridized carbons (Fsp3) is 0.732. The number of ether oxygens (including phenoxy) is 5. The van der Waals surface area contributed by atoms with Gasteiger partial charge < -0.3 is 38.3 Å². The second kappa shape index (κ2) is 15.1. The fourth-order valence-electron chi connectivity index (χ4n) is 10.6. The van der Waals surface area contributed by atoms with Gasteiger partial charge in [-0.05, 0) is 56.1 Å². The van der Waals surface area contributed by atoms with Gasteiger partial charge in [0.05, 0.1) is 25.6 Å². The average Bonchev–Trinajstić information content (AvgIpc) is 3.74. The van der Waals surface area contributed by atoms with Crippen molar-refractivity contribution in [3.05, 3.63) is 35.8 Å². The molecule has 13 unspecified atom stereocenters. The molecule has 1 saturated heterocycles. The van der Waals surface area contributed by atoms with Crippen molar-refractivity contribution in [1.82, 2.24) is 0 Å². The summed E-state index contributed by atoms with van der Waals surface area (Å²) in [7, 11) is 0. The van der Waals surface area contributed by atoms with E-state index < -0.39 is 107 Å². The highest BCUT2D eigenvalue weighted by Gasteiger charge is 2.74. The quantitative estimate of drug-likeness (QED) is 0.171. The third kappa shape index (κ3) is 6.77. The molecule has 5 rings (SSSR count). The summed E-state index contributed by atoms with van der Waals surface area (Å²) < 4.78 is 36.1. The summed E-state index contributed by atoms with van der Waals surface area (Å²) in [6, 6.07) is 1.87. The number of aliphatic hydroxyl groups is 2. The van der Waals surface area contributed by atoms with Gasteiger partial charge in [0.1, 0.15) is 23.9 Å². The number of hydrogen-bond donors (Lipinski definition) is 2. The molecule has 54 heavy (non-hydrogen) atoms. The molecule has 13 heteroatoms. The Hall–Kier alpha value is -3.71. The monoisotopic (exact) mass is 758 g/mol. The van der Waals surface area contributed by atoms with E-state index in [1.807, 2.05) is 40.7 Å². The molecule has 0 spiro atoms. The molecule has 3 aliphatic carbocycles. The van der Waals surface area contributed by atoms with Gasteiger partial charge in [-0.3, -0.25) is 14.4 Å². The standard InChI is InChI=1S/C41H58O13/c1-11-22(4)35(51-24(6)44)37(48)53-30-17-29-40(9,27-13-12-26(39(27,30)8)25-14-15-49-19-25)31(52-36(47)34(46)21(2)3)16-28-38(7,20-42)54-33(45)18-32(41(28,29)10)50-23(5)43/h13-15,19,21-22,26,28-32,34-35,42,46H,11-12,16-18,20H2,1-10H3. The highest BCUT2D eigenvalue weighted by molar-refractivity contribution is 5.79. The first kappa shape index (κ1) is 41.5. The van der Waals surface area contributed by atoms with E-state index in [4.69, 9.17) is 28.1 Å². The van der Waals surface area contributed by atoms with Crippen LogP contribution < -0.4 is 0 Å². The predicted molar refractivity (Wildman–Crippen MR) is 192 cm³/mol. The van der Waals surface area contributed by atoms with Crippen LogP contribution in [0.2, 0.25) is 0 Å². The fourth-order valence-corrected chi connectivity index (χ4v) is 10.6. The van der Waals surface area contributed by atoms with Crippen LogP contribution in [0.25, 0.3) is 0 Å². The second-order valence-corrected chi connectivity index (χ2v) is 17.2. The summed E-state index contributed by atoms with van der Waals surface area (Å²) in [6.07, 6.45) is 0.858. The maximum absolute atomic E-state index is 14.3. The third-order valence-electron chi connectivity index (χ3n) is 13.7. The van der Waals surface area contributed by atoms with E-state index in [1.54, 1.807) is 33.3 Å². The molecule has 0 radical (unpaired) electrons. The number of hydrogen-bond acceptors (Lipinski definition) is 13. The van der Waals surface area contributed by atoms with Gasteiger partial charge >= 0.3 is 29.8 Å². The lowest BCUT2D eigenvalue weighted by Gasteiger charge is -2.67. The number of aliphatic hydroxyl groups excluding tert-OH is 2. The molecule has 4 aliphatic rings. The van der Waals surface area contributed by atoms with E-state index in [2.05, 4.69) is 6.08 Å². The largest absolute Gasteiger partial charge is 0.472 e. The first-order valence-electron chi connectivity index (χ1n) is 19.2. The molecule has 1 aliphatic heterocycles. The van der Waals surface area contributed by atoms with Crippen molar-refractivity contribution < 1.29 is 62.3 Å². The number of fused-ring (bicyclic) bond motifs is 5. The summed E-state index contributed by atoms with van der Waals surface area (Å²) in [5.74, 6) is -5.88. The first-order valence-corrected chi connectivity index (χ1v) is 19.2. The Bertz CT molecular complexity index is 1630. The van der Waals surface area contributed by atoms with Gasteiger partial charge in [-0.1, -0.05) is 60.1 Å². The number of esters is 5. The van der Waals surface area contributed by atoms with Crippen molar-refractivity contribution in [3.8, 4) is 0 Å². The van der Waals surface area contributed by atoms with Crippen molar-refractivity contribution in [3.63, 3.8) is 0 Å². The van der Waals surface area contributed by atoms with Crippen LogP contribution in [0.4, 0.5) is 0 Å². The normalized spacial score (nSPS) is 37.6. The zero-order chi connectivity index (χ0) is 40.1. The topological polar surface area (TPSA) is 185 Å². The van der Waals surface area contributed by atoms with Crippen molar-refractivity contribution in [2.75, 3.05) is 6.61 Å². The van der Waals surface area contributed by atoms with Crippen molar-refractivity contribution >= 4 is 29.8 Å². The van der Waals surface area contributed by atoms with Crippen molar-refractivity contribution in [1.29, 1.82) is 0 Å². The highest BCUT2D eigenvalue weighted by atomic mass is 16.6.